The van der Waals surface area contributed by atoms with Crippen LogP contribution in [0, 0.1) is 5.41 Å². The summed E-state index contributed by atoms with van der Waals surface area (Å²) in [5.74, 6) is 0. The second kappa shape index (κ2) is 7.24. The number of allylic oxidation sites excluding steroid dienone is 1. The first kappa shape index (κ1) is 19.3. The van der Waals surface area contributed by atoms with Crippen LogP contribution in [0.3, 0.4) is 0 Å². The van der Waals surface area contributed by atoms with Crippen molar-refractivity contribution in [3.8, 4) is 0 Å². The molecular formula is C18H32O3Si. The number of ether oxygens (including phenoxy) is 1. The van der Waals surface area contributed by atoms with E-state index in [9.17, 15) is 4.79 Å². The van der Waals surface area contributed by atoms with Gasteiger partial charge < -0.3 is 14.0 Å². The molecule has 0 heterocycles. The topological polar surface area (TPSA) is 35.5 Å². The molecule has 0 aromatic rings. The van der Waals surface area contributed by atoms with Gasteiger partial charge in [-0.3, -0.25) is 0 Å². The van der Waals surface area contributed by atoms with E-state index in [0.717, 1.165) is 19.1 Å². The monoisotopic (exact) mass is 324 g/mol. The van der Waals surface area contributed by atoms with Gasteiger partial charge in [0.2, 0.25) is 0 Å². The molecule has 0 bridgehead atoms. The number of aldehydes is 1. The van der Waals surface area contributed by atoms with Crippen molar-refractivity contribution >= 4 is 14.6 Å². The van der Waals surface area contributed by atoms with Crippen LogP contribution in [0.15, 0.2) is 24.3 Å². The van der Waals surface area contributed by atoms with Crippen molar-refractivity contribution in [3.63, 3.8) is 0 Å². The lowest BCUT2D eigenvalue weighted by Gasteiger charge is -2.43. The van der Waals surface area contributed by atoms with Gasteiger partial charge in [0, 0.05) is 6.61 Å². The first-order chi connectivity index (χ1) is 10.1. The van der Waals surface area contributed by atoms with E-state index in [1.165, 1.54) is 5.57 Å². The van der Waals surface area contributed by atoms with Crippen LogP contribution in [0.1, 0.15) is 40.5 Å². The van der Waals surface area contributed by atoms with E-state index >= 15 is 0 Å². The number of rotatable bonds is 7. The summed E-state index contributed by atoms with van der Waals surface area (Å²) in [6.45, 7) is 17.7. The Hall–Kier alpha value is -0.713. The lowest BCUT2D eigenvalue weighted by Crippen LogP contribution is -2.49. The normalized spacial score (nSPS) is 26.5. The van der Waals surface area contributed by atoms with Crippen LogP contribution in [0.2, 0.25) is 18.1 Å². The first-order valence-electron chi connectivity index (χ1n) is 8.08. The lowest BCUT2D eigenvalue weighted by atomic mass is 9.74. The molecule has 0 radical (unpaired) electrons. The minimum Gasteiger partial charge on any atom is -0.416 e. The fourth-order valence-corrected chi connectivity index (χ4v) is 3.37. The van der Waals surface area contributed by atoms with Crippen molar-refractivity contribution in [1.29, 1.82) is 0 Å². The number of carbonyl (C=O) groups is 1. The predicted molar refractivity (Wildman–Crippen MR) is 94.6 cm³/mol. The van der Waals surface area contributed by atoms with Crippen LogP contribution in [-0.2, 0) is 14.0 Å². The van der Waals surface area contributed by atoms with Gasteiger partial charge in [-0.2, -0.15) is 0 Å². The molecule has 1 aliphatic carbocycles. The molecule has 4 heteroatoms. The molecule has 0 aromatic carbocycles. The molecule has 0 aliphatic heterocycles. The highest BCUT2D eigenvalue weighted by atomic mass is 28.4. The van der Waals surface area contributed by atoms with Crippen molar-refractivity contribution < 1.29 is 14.0 Å². The third kappa shape index (κ3) is 4.40. The maximum atomic E-state index is 11.9. The number of hydrogen-bond donors (Lipinski definition) is 0. The Kier molecular flexibility index (Phi) is 6.36. The van der Waals surface area contributed by atoms with Crippen molar-refractivity contribution in [2.24, 2.45) is 5.41 Å². The van der Waals surface area contributed by atoms with Crippen molar-refractivity contribution in [3.05, 3.63) is 24.3 Å². The molecule has 2 atom stereocenters. The number of carbonyl (C=O) groups excluding carboxylic acids is 1. The van der Waals surface area contributed by atoms with Gasteiger partial charge in [-0.15, -0.1) is 6.58 Å². The fraction of sp³-hybridized carbons (Fsp3) is 0.722. The quantitative estimate of drug-likeness (QED) is 0.393. The fourth-order valence-electron chi connectivity index (χ4n) is 2.31. The van der Waals surface area contributed by atoms with E-state index in [2.05, 4.69) is 53.4 Å². The van der Waals surface area contributed by atoms with Crippen LogP contribution in [0.4, 0.5) is 0 Å². The van der Waals surface area contributed by atoms with E-state index in [1.807, 2.05) is 0 Å². The second-order valence-electron chi connectivity index (χ2n) is 7.96. The van der Waals surface area contributed by atoms with Gasteiger partial charge in [0.05, 0.1) is 18.1 Å². The van der Waals surface area contributed by atoms with Crippen LogP contribution < -0.4 is 0 Å². The van der Waals surface area contributed by atoms with Crippen LogP contribution in [0.25, 0.3) is 0 Å². The summed E-state index contributed by atoms with van der Waals surface area (Å²) in [6, 6.07) is 0. The molecule has 0 amide bonds. The molecule has 0 fully saturated rings. The summed E-state index contributed by atoms with van der Waals surface area (Å²) in [7, 11) is -1.89. The van der Waals surface area contributed by atoms with Gasteiger partial charge in [0.25, 0.3) is 0 Å². The summed E-state index contributed by atoms with van der Waals surface area (Å²) in [5, 5.41) is 0.134. The lowest BCUT2D eigenvalue weighted by molar-refractivity contribution is -0.127. The summed E-state index contributed by atoms with van der Waals surface area (Å²) in [5.41, 5.74) is 0.705. The van der Waals surface area contributed by atoms with Crippen LogP contribution in [0.5, 0.6) is 0 Å². The van der Waals surface area contributed by atoms with Gasteiger partial charge in [0.1, 0.15) is 6.29 Å². The SMILES string of the molecule is C=CCO[C@H]1C=C(C)CC[C@@]1(C=O)CO[Si](C)(C)C(C)(C)C. The molecule has 22 heavy (non-hydrogen) atoms. The van der Waals surface area contributed by atoms with E-state index in [0.29, 0.717) is 13.2 Å². The molecule has 0 aromatic heterocycles. The minimum absolute atomic E-state index is 0.134. The molecule has 0 saturated heterocycles. The number of hydrogen-bond acceptors (Lipinski definition) is 3. The van der Waals surface area contributed by atoms with Crippen molar-refractivity contribution in [2.75, 3.05) is 13.2 Å². The molecule has 126 valence electrons. The van der Waals surface area contributed by atoms with Gasteiger partial charge in [-0.1, -0.05) is 38.5 Å². The van der Waals surface area contributed by atoms with E-state index < -0.39 is 13.7 Å². The zero-order valence-corrected chi connectivity index (χ0v) is 16.1. The van der Waals surface area contributed by atoms with Gasteiger partial charge in [-0.05, 0) is 37.9 Å². The summed E-state index contributed by atoms with van der Waals surface area (Å²) >= 11 is 0. The Morgan fingerprint density at radius 2 is 2.09 bits per heavy atom. The Morgan fingerprint density at radius 1 is 1.45 bits per heavy atom. The van der Waals surface area contributed by atoms with Crippen molar-refractivity contribution in [2.45, 2.75) is 64.8 Å². The highest BCUT2D eigenvalue weighted by molar-refractivity contribution is 6.74. The largest absolute Gasteiger partial charge is 0.416 e. The van der Waals surface area contributed by atoms with Gasteiger partial charge in [0.15, 0.2) is 8.32 Å². The van der Waals surface area contributed by atoms with Gasteiger partial charge >= 0.3 is 0 Å². The van der Waals surface area contributed by atoms with Gasteiger partial charge in [-0.25, -0.2) is 0 Å². The van der Waals surface area contributed by atoms with E-state index in [1.54, 1.807) is 6.08 Å². The first-order valence-corrected chi connectivity index (χ1v) is 11.0. The average Bonchev–Trinajstić information content (AvgIpc) is 2.43. The second-order valence-corrected chi connectivity index (χ2v) is 12.8. The Labute approximate surface area is 136 Å². The minimum atomic E-state index is -1.89. The molecular weight excluding hydrogens is 292 g/mol. The summed E-state index contributed by atoms with van der Waals surface area (Å²) in [4.78, 5) is 11.9. The summed E-state index contributed by atoms with van der Waals surface area (Å²) in [6.07, 6.45) is 6.35. The highest BCUT2D eigenvalue weighted by Gasteiger charge is 2.45. The Balaban J connectivity index is 2.94. The molecule has 0 unspecified atom stereocenters. The molecule has 3 nitrogen and oxygen atoms in total. The standard InChI is InChI=1S/C18H32O3Si/c1-8-11-20-16-12-15(2)9-10-18(16,13-19)14-21-22(6,7)17(3,4)5/h8,12-13,16H,1,9-11,14H2,2-7H3/t16-,18+/m0/s1. The molecule has 1 aliphatic rings. The molecule has 0 spiro atoms. The van der Waals surface area contributed by atoms with Crippen LogP contribution in [-0.4, -0.2) is 33.9 Å². The maximum Gasteiger partial charge on any atom is 0.192 e. The smallest absolute Gasteiger partial charge is 0.192 e. The third-order valence-electron chi connectivity index (χ3n) is 5.12. The zero-order valence-electron chi connectivity index (χ0n) is 15.1. The summed E-state index contributed by atoms with van der Waals surface area (Å²) < 4.78 is 12.2. The third-order valence-corrected chi connectivity index (χ3v) is 9.60. The van der Waals surface area contributed by atoms with E-state index in [4.69, 9.17) is 9.16 Å². The Bertz CT molecular complexity index is 434. The van der Waals surface area contributed by atoms with Crippen LogP contribution >= 0.6 is 0 Å². The maximum absolute atomic E-state index is 11.9. The molecule has 0 saturated carbocycles. The van der Waals surface area contributed by atoms with E-state index in [-0.39, 0.29) is 11.1 Å². The molecule has 0 N–H and O–H groups in total. The van der Waals surface area contributed by atoms with Crippen molar-refractivity contribution in [1.82, 2.24) is 0 Å². The average molecular weight is 325 g/mol. The zero-order chi connectivity index (χ0) is 17.0. The highest BCUT2D eigenvalue weighted by Crippen LogP contribution is 2.41. The predicted octanol–water partition coefficient (Wildman–Crippen LogP) is 4.50. The Morgan fingerprint density at radius 3 is 2.59 bits per heavy atom. The molecule has 1 rings (SSSR count).